The molecule has 0 spiro atoms. The van der Waals surface area contributed by atoms with E-state index in [1.165, 1.54) is 0 Å². The number of hydrogen-bond donors (Lipinski definition) is 2. The highest BCUT2D eigenvalue weighted by Crippen LogP contribution is 2.11. The van der Waals surface area contributed by atoms with E-state index in [2.05, 4.69) is 23.2 Å². The highest BCUT2D eigenvalue weighted by molar-refractivity contribution is 5.67. The maximum atomic E-state index is 11.4. The Balaban J connectivity index is 2.50. The van der Waals surface area contributed by atoms with E-state index in [9.17, 15) is 4.79 Å². The normalized spacial score (nSPS) is 10.0. The molecule has 110 valence electrons. The number of anilines is 1. The molecule has 0 aliphatic carbocycles. The Morgan fingerprint density at radius 3 is 2.71 bits per heavy atom. The molecule has 0 bridgehead atoms. The second-order valence-corrected chi connectivity index (χ2v) is 5.40. The number of nitriles is 1. The van der Waals surface area contributed by atoms with Gasteiger partial charge in [-0.3, -0.25) is 0 Å². The molecule has 0 saturated heterocycles. The molecule has 0 aliphatic rings. The number of rotatable bonds is 2. The van der Waals surface area contributed by atoms with Crippen molar-refractivity contribution in [1.82, 2.24) is 5.32 Å². The lowest BCUT2D eigenvalue weighted by molar-refractivity contribution is 0.0529. The molecule has 0 fully saturated rings. The number of nitrogens with two attached hydrogens (primary N) is 1. The van der Waals surface area contributed by atoms with E-state index < -0.39 is 11.7 Å². The fraction of sp³-hybridized carbons (Fsp3) is 0.375. The molecule has 1 aromatic carbocycles. The van der Waals surface area contributed by atoms with Crippen molar-refractivity contribution in [2.75, 3.05) is 12.3 Å². The number of ether oxygens (including phenoxy) is 1. The van der Waals surface area contributed by atoms with Gasteiger partial charge in [-0.2, -0.15) is 5.26 Å². The van der Waals surface area contributed by atoms with E-state index in [0.29, 0.717) is 29.8 Å². The first-order chi connectivity index (χ1) is 9.81. The lowest BCUT2D eigenvalue weighted by atomic mass is 10.1. The lowest BCUT2D eigenvalue weighted by Gasteiger charge is -2.19. The monoisotopic (exact) mass is 285 g/mol. The number of carbonyl (C=O) groups excluding carboxylic acids is 1. The number of hydrogen-bond acceptors (Lipinski definition) is 4. The molecule has 0 saturated carbocycles. The van der Waals surface area contributed by atoms with Crippen LogP contribution in [0.2, 0.25) is 0 Å². The van der Waals surface area contributed by atoms with Crippen LogP contribution in [0.15, 0.2) is 18.2 Å². The van der Waals surface area contributed by atoms with Crippen LogP contribution in [0, 0.1) is 23.2 Å². The van der Waals surface area contributed by atoms with E-state index in [1.807, 2.05) is 0 Å². The van der Waals surface area contributed by atoms with Crippen molar-refractivity contribution in [3.05, 3.63) is 29.3 Å². The van der Waals surface area contributed by atoms with Crippen LogP contribution in [-0.2, 0) is 4.74 Å². The third-order valence-electron chi connectivity index (χ3n) is 2.31. The summed E-state index contributed by atoms with van der Waals surface area (Å²) in [6, 6.07) is 7.02. The zero-order valence-electron chi connectivity index (χ0n) is 12.5. The second kappa shape index (κ2) is 7.21. The molecule has 0 heterocycles. The molecule has 1 rings (SSSR count). The number of nitrogens with zero attached hydrogens (tertiary/aromatic N) is 1. The summed E-state index contributed by atoms with van der Waals surface area (Å²) >= 11 is 0. The van der Waals surface area contributed by atoms with E-state index in [4.69, 9.17) is 15.7 Å². The van der Waals surface area contributed by atoms with Crippen LogP contribution < -0.4 is 11.1 Å². The van der Waals surface area contributed by atoms with Crippen molar-refractivity contribution in [2.45, 2.75) is 32.8 Å². The maximum absolute atomic E-state index is 11.4. The molecular weight excluding hydrogens is 266 g/mol. The van der Waals surface area contributed by atoms with E-state index in [-0.39, 0.29) is 0 Å². The Hall–Kier alpha value is -2.66. The predicted molar refractivity (Wildman–Crippen MR) is 81.3 cm³/mol. The van der Waals surface area contributed by atoms with Gasteiger partial charge in [0.15, 0.2) is 0 Å². The van der Waals surface area contributed by atoms with Gasteiger partial charge in [0.05, 0.1) is 5.56 Å². The van der Waals surface area contributed by atoms with Crippen molar-refractivity contribution in [1.29, 1.82) is 5.26 Å². The average molecular weight is 285 g/mol. The Labute approximate surface area is 125 Å². The van der Waals surface area contributed by atoms with E-state index >= 15 is 0 Å². The number of nitrogen functional groups attached to an aromatic ring is 1. The first-order valence-corrected chi connectivity index (χ1v) is 6.57. The Morgan fingerprint density at radius 1 is 1.38 bits per heavy atom. The zero-order valence-corrected chi connectivity index (χ0v) is 12.5. The van der Waals surface area contributed by atoms with Crippen molar-refractivity contribution < 1.29 is 9.53 Å². The Morgan fingerprint density at radius 2 is 2.10 bits per heavy atom. The molecular formula is C16H19N3O2. The fourth-order valence-electron chi connectivity index (χ4n) is 1.46. The van der Waals surface area contributed by atoms with Gasteiger partial charge in [-0.25, -0.2) is 4.79 Å². The highest BCUT2D eigenvalue weighted by atomic mass is 16.6. The predicted octanol–water partition coefficient (Wildman–Crippen LogP) is 2.41. The largest absolute Gasteiger partial charge is 0.444 e. The van der Waals surface area contributed by atoms with Crippen molar-refractivity contribution in [3.8, 4) is 17.9 Å². The molecule has 0 aliphatic heterocycles. The van der Waals surface area contributed by atoms with Gasteiger partial charge < -0.3 is 15.8 Å². The molecule has 5 nitrogen and oxygen atoms in total. The standard InChI is InChI=1S/C16H19N3O2/c1-16(2,3)21-15(20)19-9-5-4-6-12-10-14(18)8-7-13(12)11-17/h7-8,10H,5,9,18H2,1-3H3,(H,19,20). The van der Waals surface area contributed by atoms with Gasteiger partial charge in [0.1, 0.15) is 11.7 Å². The zero-order chi connectivity index (χ0) is 15.9. The molecule has 5 heteroatoms. The van der Waals surface area contributed by atoms with Gasteiger partial charge in [-0.15, -0.1) is 0 Å². The van der Waals surface area contributed by atoms with Crippen molar-refractivity contribution >= 4 is 11.8 Å². The molecule has 0 atom stereocenters. The quantitative estimate of drug-likeness (QED) is 0.496. The van der Waals surface area contributed by atoms with Crippen LogP contribution in [0.25, 0.3) is 0 Å². The van der Waals surface area contributed by atoms with Crippen LogP contribution in [0.4, 0.5) is 10.5 Å². The number of carbonyl (C=O) groups is 1. The third-order valence-corrected chi connectivity index (χ3v) is 2.31. The summed E-state index contributed by atoms with van der Waals surface area (Å²) in [5.74, 6) is 5.78. The van der Waals surface area contributed by atoms with Crippen LogP contribution in [0.3, 0.4) is 0 Å². The van der Waals surface area contributed by atoms with Crippen LogP contribution in [0.1, 0.15) is 38.3 Å². The highest BCUT2D eigenvalue weighted by Gasteiger charge is 2.15. The first kappa shape index (κ1) is 16.4. The number of benzene rings is 1. The average Bonchev–Trinajstić information content (AvgIpc) is 2.36. The minimum absolute atomic E-state index is 0.381. The van der Waals surface area contributed by atoms with Crippen LogP contribution in [0.5, 0.6) is 0 Å². The summed E-state index contributed by atoms with van der Waals surface area (Å²) < 4.78 is 5.10. The van der Waals surface area contributed by atoms with Crippen LogP contribution in [-0.4, -0.2) is 18.2 Å². The third kappa shape index (κ3) is 6.35. The number of nitrogens with one attached hydrogen (secondary N) is 1. The summed E-state index contributed by atoms with van der Waals surface area (Å²) in [6.07, 6.45) is -0.00944. The van der Waals surface area contributed by atoms with Crippen LogP contribution >= 0.6 is 0 Å². The van der Waals surface area contributed by atoms with Crippen molar-refractivity contribution in [3.63, 3.8) is 0 Å². The fourth-order valence-corrected chi connectivity index (χ4v) is 1.46. The van der Waals surface area contributed by atoms with Crippen molar-refractivity contribution in [2.24, 2.45) is 0 Å². The van der Waals surface area contributed by atoms with Gasteiger partial charge >= 0.3 is 6.09 Å². The lowest BCUT2D eigenvalue weighted by Crippen LogP contribution is -2.32. The van der Waals surface area contributed by atoms with Gasteiger partial charge in [-0.05, 0) is 39.0 Å². The summed E-state index contributed by atoms with van der Waals surface area (Å²) in [4.78, 5) is 11.4. The molecule has 1 aromatic rings. The smallest absolute Gasteiger partial charge is 0.407 e. The minimum atomic E-state index is -0.515. The van der Waals surface area contributed by atoms with E-state index in [0.717, 1.165) is 0 Å². The Kier molecular flexibility index (Phi) is 5.63. The molecule has 1 amide bonds. The van der Waals surface area contributed by atoms with E-state index in [1.54, 1.807) is 39.0 Å². The maximum Gasteiger partial charge on any atom is 0.407 e. The summed E-state index contributed by atoms with van der Waals surface area (Å²) in [5, 5.41) is 11.6. The first-order valence-electron chi connectivity index (χ1n) is 6.57. The van der Waals surface area contributed by atoms with Gasteiger partial charge in [0.25, 0.3) is 0 Å². The SMILES string of the molecule is CC(C)(C)OC(=O)NCCC#Cc1cc(N)ccc1C#N. The van der Waals surface area contributed by atoms with Gasteiger partial charge in [0.2, 0.25) is 0 Å². The molecule has 0 aromatic heterocycles. The summed E-state index contributed by atoms with van der Waals surface area (Å²) in [5.41, 5.74) is 6.78. The minimum Gasteiger partial charge on any atom is -0.444 e. The second-order valence-electron chi connectivity index (χ2n) is 5.40. The summed E-state index contributed by atoms with van der Waals surface area (Å²) in [6.45, 7) is 5.78. The number of amides is 1. The van der Waals surface area contributed by atoms with Gasteiger partial charge in [0, 0.05) is 24.2 Å². The number of alkyl carbamates (subject to hydrolysis) is 1. The molecule has 0 unspecified atom stereocenters. The molecule has 3 N–H and O–H groups in total. The molecule has 21 heavy (non-hydrogen) atoms. The molecule has 0 radical (unpaired) electrons. The Bertz CT molecular complexity index is 613. The topological polar surface area (TPSA) is 88.1 Å². The van der Waals surface area contributed by atoms with Gasteiger partial charge in [-0.1, -0.05) is 11.8 Å². The summed E-state index contributed by atoms with van der Waals surface area (Å²) in [7, 11) is 0.